The summed E-state index contributed by atoms with van der Waals surface area (Å²) in [5.74, 6) is -0.0280. The first-order valence-corrected chi connectivity index (χ1v) is 6.72. The van der Waals surface area contributed by atoms with Crippen LogP contribution in [-0.2, 0) is 0 Å². The zero-order valence-corrected chi connectivity index (χ0v) is 12.6. The molecule has 0 aliphatic heterocycles. The van der Waals surface area contributed by atoms with E-state index in [1.54, 1.807) is 19.2 Å². The molecule has 2 rings (SSSR count). The van der Waals surface area contributed by atoms with Gasteiger partial charge in [-0.25, -0.2) is 9.37 Å². The summed E-state index contributed by atoms with van der Waals surface area (Å²) >= 11 is 3.21. The van der Waals surface area contributed by atoms with Crippen LogP contribution < -0.4 is 10.6 Å². The van der Waals surface area contributed by atoms with Crippen molar-refractivity contribution >= 4 is 33.3 Å². The molecular formula is C14H13BrFN3O. The van der Waals surface area contributed by atoms with Crippen LogP contribution in [0.4, 0.5) is 15.9 Å². The molecule has 0 aliphatic carbocycles. The molecule has 20 heavy (non-hydrogen) atoms. The summed E-state index contributed by atoms with van der Waals surface area (Å²) < 4.78 is 13.5. The molecular weight excluding hydrogens is 325 g/mol. The molecule has 0 saturated carbocycles. The summed E-state index contributed by atoms with van der Waals surface area (Å²) in [6, 6.07) is 7.43. The van der Waals surface area contributed by atoms with E-state index in [-0.39, 0.29) is 11.7 Å². The maximum atomic E-state index is 13.0. The summed E-state index contributed by atoms with van der Waals surface area (Å²) in [5.41, 5.74) is 1.73. The van der Waals surface area contributed by atoms with E-state index >= 15 is 0 Å². The van der Waals surface area contributed by atoms with E-state index in [4.69, 9.17) is 0 Å². The van der Waals surface area contributed by atoms with Gasteiger partial charge in [-0.15, -0.1) is 0 Å². The molecule has 1 heterocycles. The van der Waals surface area contributed by atoms with Crippen molar-refractivity contribution in [2.45, 2.75) is 6.92 Å². The topological polar surface area (TPSA) is 54.0 Å². The van der Waals surface area contributed by atoms with Gasteiger partial charge in [-0.05, 0) is 53.2 Å². The summed E-state index contributed by atoms with van der Waals surface area (Å²) in [4.78, 5) is 16.4. The van der Waals surface area contributed by atoms with Crippen LogP contribution in [-0.4, -0.2) is 17.9 Å². The van der Waals surface area contributed by atoms with Gasteiger partial charge in [-0.2, -0.15) is 0 Å². The number of carbonyl (C=O) groups is 1. The third-order valence-corrected chi connectivity index (χ3v) is 3.31. The van der Waals surface area contributed by atoms with E-state index in [0.717, 1.165) is 5.69 Å². The number of amides is 1. The molecule has 2 aromatic rings. The first-order chi connectivity index (χ1) is 9.49. The number of rotatable bonds is 3. The number of aryl methyl sites for hydroxylation is 1. The quantitative estimate of drug-likeness (QED) is 0.899. The van der Waals surface area contributed by atoms with Crippen LogP contribution in [0.3, 0.4) is 0 Å². The SMILES string of the molecule is CNc1cc(C(=O)Nc2ccc(F)cc2Br)cc(C)n1. The Balaban J connectivity index is 2.26. The third-order valence-electron chi connectivity index (χ3n) is 2.65. The van der Waals surface area contributed by atoms with Gasteiger partial charge in [0.1, 0.15) is 11.6 Å². The molecule has 0 radical (unpaired) electrons. The van der Waals surface area contributed by atoms with Gasteiger partial charge < -0.3 is 10.6 Å². The van der Waals surface area contributed by atoms with Crippen molar-refractivity contribution in [3.05, 3.63) is 51.9 Å². The fourth-order valence-corrected chi connectivity index (χ4v) is 2.16. The summed E-state index contributed by atoms with van der Waals surface area (Å²) in [6.45, 7) is 1.81. The van der Waals surface area contributed by atoms with E-state index in [1.807, 2.05) is 6.92 Å². The Hall–Kier alpha value is -1.95. The van der Waals surface area contributed by atoms with E-state index in [1.165, 1.54) is 18.2 Å². The van der Waals surface area contributed by atoms with E-state index < -0.39 is 0 Å². The molecule has 104 valence electrons. The Morgan fingerprint density at radius 2 is 2.05 bits per heavy atom. The lowest BCUT2D eigenvalue weighted by molar-refractivity contribution is 0.102. The van der Waals surface area contributed by atoms with Crippen LogP contribution in [0.5, 0.6) is 0 Å². The summed E-state index contributed by atoms with van der Waals surface area (Å²) in [6.07, 6.45) is 0. The second kappa shape index (κ2) is 6.00. The number of hydrogen-bond donors (Lipinski definition) is 2. The predicted molar refractivity (Wildman–Crippen MR) is 80.6 cm³/mol. The fraction of sp³-hybridized carbons (Fsp3) is 0.143. The van der Waals surface area contributed by atoms with Gasteiger partial charge in [0.15, 0.2) is 0 Å². The highest BCUT2D eigenvalue weighted by molar-refractivity contribution is 9.10. The largest absolute Gasteiger partial charge is 0.373 e. The molecule has 2 N–H and O–H groups in total. The van der Waals surface area contributed by atoms with Crippen molar-refractivity contribution in [1.82, 2.24) is 4.98 Å². The van der Waals surface area contributed by atoms with Gasteiger partial charge in [0.2, 0.25) is 0 Å². The molecule has 1 amide bonds. The van der Waals surface area contributed by atoms with Gasteiger partial charge in [0, 0.05) is 22.8 Å². The van der Waals surface area contributed by atoms with E-state index in [2.05, 4.69) is 31.5 Å². The van der Waals surface area contributed by atoms with Gasteiger partial charge >= 0.3 is 0 Å². The molecule has 0 atom stereocenters. The molecule has 0 aliphatic rings. The highest BCUT2D eigenvalue weighted by Gasteiger charge is 2.10. The van der Waals surface area contributed by atoms with E-state index in [0.29, 0.717) is 21.5 Å². The van der Waals surface area contributed by atoms with Crippen LogP contribution in [0, 0.1) is 12.7 Å². The number of nitrogens with zero attached hydrogens (tertiary/aromatic N) is 1. The number of benzene rings is 1. The van der Waals surface area contributed by atoms with Gasteiger partial charge in [0.05, 0.1) is 5.69 Å². The lowest BCUT2D eigenvalue weighted by Gasteiger charge is -2.09. The molecule has 4 nitrogen and oxygen atoms in total. The Labute approximate surface area is 124 Å². The average Bonchev–Trinajstić information content (AvgIpc) is 2.41. The number of aromatic nitrogens is 1. The van der Waals surface area contributed by atoms with Crippen molar-refractivity contribution in [3.8, 4) is 0 Å². The summed E-state index contributed by atoms with van der Waals surface area (Å²) in [7, 11) is 1.74. The monoisotopic (exact) mass is 337 g/mol. The normalized spacial score (nSPS) is 10.2. The van der Waals surface area contributed by atoms with Crippen LogP contribution in [0.25, 0.3) is 0 Å². The van der Waals surface area contributed by atoms with Gasteiger partial charge in [0.25, 0.3) is 5.91 Å². The number of nitrogens with one attached hydrogen (secondary N) is 2. The molecule has 0 bridgehead atoms. The number of pyridine rings is 1. The predicted octanol–water partition coefficient (Wildman–Crippen LogP) is 3.59. The van der Waals surface area contributed by atoms with Crippen LogP contribution in [0.1, 0.15) is 16.1 Å². The zero-order valence-electron chi connectivity index (χ0n) is 11.0. The molecule has 0 fully saturated rings. The Kier molecular flexibility index (Phi) is 4.34. The second-order valence-electron chi connectivity index (χ2n) is 4.21. The van der Waals surface area contributed by atoms with Crippen LogP contribution >= 0.6 is 15.9 Å². The van der Waals surface area contributed by atoms with Gasteiger partial charge in [-0.1, -0.05) is 0 Å². The molecule has 0 spiro atoms. The first-order valence-electron chi connectivity index (χ1n) is 5.92. The van der Waals surface area contributed by atoms with Gasteiger partial charge in [-0.3, -0.25) is 4.79 Å². The minimum atomic E-state index is -0.368. The Morgan fingerprint density at radius 1 is 1.30 bits per heavy atom. The number of halogens is 2. The highest BCUT2D eigenvalue weighted by atomic mass is 79.9. The minimum Gasteiger partial charge on any atom is -0.373 e. The molecule has 1 aromatic carbocycles. The Morgan fingerprint density at radius 3 is 2.70 bits per heavy atom. The minimum absolute atomic E-state index is 0.278. The molecule has 1 aromatic heterocycles. The van der Waals surface area contributed by atoms with Crippen molar-refractivity contribution < 1.29 is 9.18 Å². The fourth-order valence-electron chi connectivity index (χ4n) is 1.71. The zero-order chi connectivity index (χ0) is 14.7. The van der Waals surface area contributed by atoms with Crippen molar-refractivity contribution in [2.75, 3.05) is 17.7 Å². The smallest absolute Gasteiger partial charge is 0.255 e. The first kappa shape index (κ1) is 14.5. The maximum absolute atomic E-state index is 13.0. The van der Waals surface area contributed by atoms with Crippen molar-refractivity contribution in [3.63, 3.8) is 0 Å². The number of anilines is 2. The van der Waals surface area contributed by atoms with Crippen molar-refractivity contribution in [1.29, 1.82) is 0 Å². The summed E-state index contributed by atoms with van der Waals surface area (Å²) in [5, 5.41) is 5.62. The molecule has 6 heteroatoms. The lowest BCUT2D eigenvalue weighted by Crippen LogP contribution is -2.13. The van der Waals surface area contributed by atoms with E-state index in [9.17, 15) is 9.18 Å². The van der Waals surface area contributed by atoms with Crippen molar-refractivity contribution in [2.24, 2.45) is 0 Å². The second-order valence-corrected chi connectivity index (χ2v) is 5.07. The average molecular weight is 338 g/mol. The lowest BCUT2D eigenvalue weighted by atomic mass is 10.2. The Bertz CT molecular complexity index is 661. The number of hydrogen-bond acceptors (Lipinski definition) is 3. The molecule has 0 saturated heterocycles. The van der Waals surface area contributed by atoms with Crippen LogP contribution in [0.15, 0.2) is 34.8 Å². The van der Waals surface area contributed by atoms with Crippen LogP contribution in [0.2, 0.25) is 0 Å². The standard InChI is InChI=1S/C14H13BrFN3O/c1-8-5-9(6-13(17-2)18-8)14(20)19-12-4-3-10(16)7-11(12)15/h3-7H,1-2H3,(H,17,18)(H,19,20). The highest BCUT2D eigenvalue weighted by Crippen LogP contribution is 2.24. The maximum Gasteiger partial charge on any atom is 0.255 e. The number of carbonyl (C=O) groups excluding carboxylic acids is 1. The third kappa shape index (κ3) is 3.33. The molecule has 0 unspecified atom stereocenters.